The average molecular weight is 95.2 g/mol. The fourth-order valence-electron chi connectivity index (χ4n) is 0.215. The van der Waals surface area contributed by atoms with Gasteiger partial charge < -0.3 is 0 Å². The van der Waals surface area contributed by atoms with Crippen LogP contribution in [0.2, 0.25) is 0 Å². The molecule has 0 nitrogen and oxygen atoms in total. The third-order valence-electron chi connectivity index (χ3n) is 0.513. The standard InChI is InChI=1S/C7H10/c1-4-5-6-7(2)3/h1,5-7H,2-3H3/b6-5-/i7D. The van der Waals surface area contributed by atoms with E-state index in [0.717, 1.165) is 0 Å². The predicted molar refractivity (Wildman–Crippen MR) is 32.8 cm³/mol. The zero-order chi connectivity index (χ0) is 6.62. The number of allylic oxidation sites excluding steroid dienone is 2. The van der Waals surface area contributed by atoms with Crippen molar-refractivity contribution >= 4 is 0 Å². The van der Waals surface area contributed by atoms with Crippen molar-refractivity contribution in [2.75, 3.05) is 0 Å². The number of terminal acetylenes is 1. The molecule has 0 N–H and O–H groups in total. The molecule has 0 aromatic carbocycles. The van der Waals surface area contributed by atoms with Gasteiger partial charge >= 0.3 is 0 Å². The van der Waals surface area contributed by atoms with Gasteiger partial charge in [0, 0.05) is 1.37 Å². The largest absolute Gasteiger partial charge is 0.115 e. The first kappa shape index (κ1) is 4.46. The summed E-state index contributed by atoms with van der Waals surface area (Å²) in [6, 6.07) is 0. The summed E-state index contributed by atoms with van der Waals surface area (Å²) in [5.74, 6) is 1.80. The summed E-state index contributed by atoms with van der Waals surface area (Å²) < 4.78 is 7.25. The quantitative estimate of drug-likeness (QED) is 0.436. The third kappa shape index (κ3) is 5.30. The van der Waals surface area contributed by atoms with Gasteiger partial charge in [-0.1, -0.05) is 25.8 Å². The molecule has 0 saturated heterocycles. The van der Waals surface area contributed by atoms with Gasteiger partial charge in [0.2, 0.25) is 0 Å². The molecule has 0 aliphatic carbocycles. The normalized spacial score (nSPS) is 13.6. The van der Waals surface area contributed by atoms with Crippen molar-refractivity contribution in [2.45, 2.75) is 13.8 Å². The minimum Gasteiger partial charge on any atom is -0.115 e. The highest BCUT2D eigenvalue weighted by Gasteiger charge is 1.77. The molecular formula is C7H10. The van der Waals surface area contributed by atoms with Crippen molar-refractivity contribution in [3.05, 3.63) is 12.2 Å². The Kier molecular flexibility index (Phi) is 2.22. The molecule has 38 valence electrons. The summed E-state index contributed by atoms with van der Waals surface area (Å²) in [6.45, 7) is 3.56. The molecule has 0 aliphatic rings. The molecule has 0 aromatic rings. The van der Waals surface area contributed by atoms with Crippen LogP contribution in [0.1, 0.15) is 15.2 Å². The van der Waals surface area contributed by atoms with Crippen LogP contribution in [0.15, 0.2) is 12.2 Å². The van der Waals surface area contributed by atoms with Gasteiger partial charge in [0.1, 0.15) is 0 Å². The fourth-order valence-corrected chi connectivity index (χ4v) is 0.215. The van der Waals surface area contributed by atoms with Crippen LogP contribution in [-0.2, 0) is 0 Å². The summed E-state index contributed by atoms with van der Waals surface area (Å²) >= 11 is 0. The van der Waals surface area contributed by atoms with Gasteiger partial charge in [0.15, 0.2) is 0 Å². The van der Waals surface area contributed by atoms with Crippen molar-refractivity contribution in [3.63, 3.8) is 0 Å². The van der Waals surface area contributed by atoms with Crippen LogP contribution in [0.3, 0.4) is 0 Å². The van der Waals surface area contributed by atoms with Crippen LogP contribution < -0.4 is 0 Å². The third-order valence-corrected chi connectivity index (χ3v) is 0.513. The van der Waals surface area contributed by atoms with Gasteiger partial charge in [-0.25, -0.2) is 0 Å². The molecule has 0 spiro atoms. The van der Waals surface area contributed by atoms with Crippen LogP contribution in [0, 0.1) is 18.2 Å². The minimum atomic E-state index is -0.521. The van der Waals surface area contributed by atoms with Crippen LogP contribution in [0.25, 0.3) is 0 Å². The monoisotopic (exact) mass is 95.1 g/mol. The van der Waals surface area contributed by atoms with Crippen LogP contribution in [0.5, 0.6) is 0 Å². The predicted octanol–water partition coefficient (Wildman–Crippen LogP) is 1.83. The van der Waals surface area contributed by atoms with E-state index in [1.807, 2.05) is 0 Å². The van der Waals surface area contributed by atoms with E-state index in [0.29, 0.717) is 0 Å². The lowest BCUT2D eigenvalue weighted by Crippen LogP contribution is -1.73. The summed E-state index contributed by atoms with van der Waals surface area (Å²) in [7, 11) is 0. The zero-order valence-electron chi connectivity index (χ0n) is 5.73. The Morgan fingerprint density at radius 1 is 1.86 bits per heavy atom. The summed E-state index contributed by atoms with van der Waals surface area (Å²) in [5.41, 5.74) is 0. The molecule has 7 heavy (non-hydrogen) atoms. The van der Waals surface area contributed by atoms with Gasteiger partial charge in [-0.05, 0) is 12.0 Å². The van der Waals surface area contributed by atoms with Gasteiger partial charge in [0.05, 0.1) is 0 Å². The van der Waals surface area contributed by atoms with Gasteiger partial charge in [0.25, 0.3) is 0 Å². The minimum absolute atomic E-state index is 0.521. The highest BCUT2D eigenvalue weighted by Crippen LogP contribution is 1.90. The molecule has 0 unspecified atom stereocenters. The molecular weight excluding hydrogens is 84.1 g/mol. The second kappa shape index (κ2) is 3.49. The Labute approximate surface area is 46.6 Å². The highest BCUT2D eigenvalue weighted by atomic mass is 13.8. The smallest absolute Gasteiger partial charge is 0.0341 e. The van der Waals surface area contributed by atoms with Crippen molar-refractivity contribution in [1.82, 2.24) is 0 Å². The number of hydrogen-bond donors (Lipinski definition) is 0. The Bertz CT molecular complexity index is 120. The van der Waals surface area contributed by atoms with Crippen molar-refractivity contribution < 1.29 is 1.37 Å². The summed E-state index contributed by atoms with van der Waals surface area (Å²) in [5, 5.41) is 0. The van der Waals surface area contributed by atoms with Gasteiger partial charge in [-0.15, -0.1) is 6.42 Å². The maximum absolute atomic E-state index is 7.25. The van der Waals surface area contributed by atoms with E-state index in [4.69, 9.17) is 7.79 Å². The summed E-state index contributed by atoms with van der Waals surface area (Å²) in [4.78, 5) is 0. The van der Waals surface area contributed by atoms with E-state index in [1.54, 1.807) is 26.0 Å². The molecule has 0 heterocycles. The van der Waals surface area contributed by atoms with E-state index in [2.05, 4.69) is 5.92 Å². The first-order chi connectivity index (χ1) is 3.56. The number of rotatable bonds is 1. The lowest BCUT2D eigenvalue weighted by atomic mass is 10.2. The second-order valence-corrected chi connectivity index (χ2v) is 1.58. The SMILES string of the molecule is [2H]C(C)(C)/C=C\C#C. The van der Waals surface area contributed by atoms with Crippen molar-refractivity contribution in [3.8, 4) is 12.3 Å². The van der Waals surface area contributed by atoms with E-state index in [9.17, 15) is 0 Å². The van der Waals surface area contributed by atoms with E-state index >= 15 is 0 Å². The molecule has 0 aromatic heterocycles. The number of hydrogen-bond acceptors (Lipinski definition) is 0. The van der Waals surface area contributed by atoms with E-state index in [-0.39, 0.29) is 0 Å². The Morgan fingerprint density at radius 3 is 2.57 bits per heavy atom. The maximum atomic E-state index is 7.25. The molecule has 0 bridgehead atoms. The molecule has 0 saturated carbocycles. The molecule has 0 aliphatic heterocycles. The maximum Gasteiger partial charge on any atom is 0.0341 e. The molecule has 0 fully saturated rings. The average Bonchev–Trinajstić information content (AvgIpc) is 1.59. The zero-order valence-corrected chi connectivity index (χ0v) is 4.73. The molecule has 0 atom stereocenters. The Hall–Kier alpha value is -0.700. The van der Waals surface area contributed by atoms with E-state index in [1.165, 1.54) is 0 Å². The topological polar surface area (TPSA) is 0 Å². The second-order valence-electron chi connectivity index (χ2n) is 1.58. The lowest BCUT2D eigenvalue weighted by molar-refractivity contribution is 0.832. The van der Waals surface area contributed by atoms with Crippen molar-refractivity contribution in [2.24, 2.45) is 5.89 Å². The lowest BCUT2D eigenvalue weighted by Gasteiger charge is -1.86. The fraction of sp³-hybridized carbons (Fsp3) is 0.429. The van der Waals surface area contributed by atoms with Crippen LogP contribution in [0.4, 0.5) is 0 Å². The Balaban J connectivity index is 3.75. The van der Waals surface area contributed by atoms with Crippen LogP contribution >= 0.6 is 0 Å². The van der Waals surface area contributed by atoms with Crippen LogP contribution in [-0.4, -0.2) is 0 Å². The van der Waals surface area contributed by atoms with Gasteiger partial charge in [-0.2, -0.15) is 0 Å². The Morgan fingerprint density at radius 2 is 2.43 bits per heavy atom. The molecule has 0 heteroatoms. The van der Waals surface area contributed by atoms with E-state index < -0.39 is 5.89 Å². The molecule has 0 rings (SSSR count). The molecule has 0 radical (unpaired) electrons. The molecule has 0 amide bonds. The highest BCUT2D eigenvalue weighted by molar-refractivity contribution is 5.09. The first-order valence-electron chi connectivity index (χ1n) is 2.70. The van der Waals surface area contributed by atoms with Crippen molar-refractivity contribution in [1.29, 1.82) is 0 Å². The first-order valence-corrected chi connectivity index (χ1v) is 2.20. The summed E-state index contributed by atoms with van der Waals surface area (Å²) in [6.07, 6.45) is 8.14. The van der Waals surface area contributed by atoms with Gasteiger partial charge in [-0.3, -0.25) is 0 Å².